The first kappa shape index (κ1) is 11.0. The molecule has 0 heterocycles. The van der Waals surface area contributed by atoms with Crippen LogP contribution in [0, 0.1) is 0 Å². The van der Waals surface area contributed by atoms with Crippen LogP contribution in [0.2, 0.25) is 0 Å². The van der Waals surface area contributed by atoms with E-state index in [1.54, 1.807) is 6.92 Å². The van der Waals surface area contributed by atoms with Gasteiger partial charge in [0.15, 0.2) is 0 Å². The van der Waals surface area contributed by atoms with Gasteiger partial charge in [-0.2, -0.15) is 0 Å². The molecule has 1 rings (SSSR count). The van der Waals surface area contributed by atoms with Gasteiger partial charge >= 0.3 is 0 Å². The van der Waals surface area contributed by atoms with Gasteiger partial charge < -0.3 is 10.8 Å². The normalized spacial score (nSPS) is 13.1. The van der Waals surface area contributed by atoms with Crippen LogP contribution in [-0.4, -0.2) is 29.7 Å². The molecule has 0 aliphatic carbocycles. The van der Waals surface area contributed by atoms with Gasteiger partial charge in [-0.1, -0.05) is 12.1 Å². The molecule has 1 aromatic carbocycles. The van der Waals surface area contributed by atoms with E-state index < -0.39 is 0 Å². The SMILES string of the molecule is CC(O)CN(C)Cc1cccc(N)c1. The van der Waals surface area contributed by atoms with Crippen molar-refractivity contribution in [2.75, 3.05) is 19.3 Å². The Morgan fingerprint density at radius 2 is 2.21 bits per heavy atom. The first-order valence-electron chi connectivity index (χ1n) is 4.79. The maximum absolute atomic E-state index is 9.19. The Kier molecular flexibility index (Phi) is 3.92. The highest BCUT2D eigenvalue weighted by molar-refractivity contribution is 5.40. The van der Waals surface area contributed by atoms with Gasteiger partial charge in [0.1, 0.15) is 0 Å². The second-order valence-electron chi connectivity index (χ2n) is 3.79. The van der Waals surface area contributed by atoms with Crippen LogP contribution in [0.15, 0.2) is 24.3 Å². The Balaban J connectivity index is 2.51. The Morgan fingerprint density at radius 3 is 2.79 bits per heavy atom. The fourth-order valence-electron chi connectivity index (χ4n) is 1.52. The third kappa shape index (κ3) is 3.77. The molecule has 14 heavy (non-hydrogen) atoms. The van der Waals surface area contributed by atoms with Gasteiger partial charge in [-0.05, 0) is 31.7 Å². The van der Waals surface area contributed by atoms with E-state index in [1.165, 1.54) is 5.56 Å². The summed E-state index contributed by atoms with van der Waals surface area (Å²) in [4.78, 5) is 2.07. The third-order valence-corrected chi connectivity index (χ3v) is 1.98. The summed E-state index contributed by atoms with van der Waals surface area (Å²) in [5.74, 6) is 0. The average Bonchev–Trinajstić information content (AvgIpc) is 2.01. The van der Waals surface area contributed by atoms with Crippen LogP contribution in [0.1, 0.15) is 12.5 Å². The summed E-state index contributed by atoms with van der Waals surface area (Å²) < 4.78 is 0. The first-order valence-corrected chi connectivity index (χ1v) is 4.79. The largest absolute Gasteiger partial charge is 0.399 e. The zero-order valence-corrected chi connectivity index (χ0v) is 8.77. The fourth-order valence-corrected chi connectivity index (χ4v) is 1.52. The molecule has 3 nitrogen and oxygen atoms in total. The van der Waals surface area contributed by atoms with Gasteiger partial charge in [0.05, 0.1) is 6.10 Å². The van der Waals surface area contributed by atoms with Gasteiger partial charge in [0.25, 0.3) is 0 Å². The highest BCUT2D eigenvalue weighted by atomic mass is 16.3. The predicted octanol–water partition coefficient (Wildman–Crippen LogP) is 1.08. The van der Waals surface area contributed by atoms with Crippen molar-refractivity contribution in [1.29, 1.82) is 0 Å². The molecule has 0 radical (unpaired) electrons. The van der Waals surface area contributed by atoms with E-state index in [0.29, 0.717) is 6.54 Å². The Hall–Kier alpha value is -1.06. The monoisotopic (exact) mass is 194 g/mol. The molecular weight excluding hydrogens is 176 g/mol. The summed E-state index contributed by atoms with van der Waals surface area (Å²) in [6.07, 6.45) is -0.291. The molecule has 1 atom stereocenters. The van der Waals surface area contributed by atoms with E-state index >= 15 is 0 Å². The molecule has 78 valence electrons. The van der Waals surface area contributed by atoms with Crippen LogP contribution in [-0.2, 0) is 6.54 Å². The molecule has 3 N–H and O–H groups in total. The lowest BCUT2D eigenvalue weighted by molar-refractivity contribution is 0.138. The number of likely N-dealkylation sites (N-methyl/N-ethyl adjacent to an activating group) is 1. The van der Waals surface area contributed by atoms with Gasteiger partial charge in [-0.3, -0.25) is 4.90 Å². The first-order chi connectivity index (χ1) is 6.58. The van der Waals surface area contributed by atoms with Crippen LogP contribution in [0.3, 0.4) is 0 Å². The maximum atomic E-state index is 9.19. The van der Waals surface area contributed by atoms with Crippen LogP contribution in [0.4, 0.5) is 5.69 Å². The lowest BCUT2D eigenvalue weighted by Crippen LogP contribution is -2.26. The molecular formula is C11H18N2O. The third-order valence-electron chi connectivity index (χ3n) is 1.98. The highest BCUT2D eigenvalue weighted by Gasteiger charge is 2.03. The summed E-state index contributed by atoms with van der Waals surface area (Å²) in [7, 11) is 1.98. The molecule has 0 spiro atoms. The summed E-state index contributed by atoms with van der Waals surface area (Å²) in [5.41, 5.74) is 7.63. The Morgan fingerprint density at radius 1 is 1.50 bits per heavy atom. The van der Waals surface area contributed by atoms with Crippen molar-refractivity contribution >= 4 is 5.69 Å². The van der Waals surface area contributed by atoms with E-state index in [9.17, 15) is 5.11 Å². The van der Waals surface area contributed by atoms with Crippen molar-refractivity contribution in [1.82, 2.24) is 4.90 Å². The van der Waals surface area contributed by atoms with Crippen molar-refractivity contribution in [3.05, 3.63) is 29.8 Å². The molecule has 3 heteroatoms. The minimum Gasteiger partial charge on any atom is -0.399 e. The van der Waals surface area contributed by atoms with E-state index in [4.69, 9.17) is 5.73 Å². The second-order valence-corrected chi connectivity index (χ2v) is 3.79. The highest BCUT2D eigenvalue weighted by Crippen LogP contribution is 2.08. The zero-order valence-electron chi connectivity index (χ0n) is 8.77. The number of hydrogen-bond donors (Lipinski definition) is 2. The number of nitrogens with two attached hydrogens (primary N) is 1. The van der Waals surface area contributed by atoms with Crippen LogP contribution in [0.25, 0.3) is 0 Å². The number of benzene rings is 1. The molecule has 1 unspecified atom stereocenters. The summed E-state index contributed by atoms with van der Waals surface area (Å²) >= 11 is 0. The number of nitrogen functional groups attached to an aromatic ring is 1. The lowest BCUT2D eigenvalue weighted by Gasteiger charge is -2.18. The Bertz CT molecular complexity index is 286. The van der Waals surface area contributed by atoms with E-state index in [1.807, 2.05) is 31.3 Å². The van der Waals surface area contributed by atoms with Gasteiger partial charge in [-0.15, -0.1) is 0 Å². The molecule has 0 saturated heterocycles. The molecule has 0 bridgehead atoms. The number of rotatable bonds is 4. The average molecular weight is 194 g/mol. The number of aliphatic hydroxyl groups excluding tert-OH is 1. The van der Waals surface area contributed by atoms with Crippen LogP contribution >= 0.6 is 0 Å². The molecule has 0 saturated carbocycles. The van der Waals surface area contributed by atoms with Gasteiger partial charge in [-0.25, -0.2) is 0 Å². The number of aliphatic hydroxyl groups is 1. The van der Waals surface area contributed by atoms with E-state index in [2.05, 4.69) is 4.90 Å². The molecule has 0 aliphatic heterocycles. The minimum absolute atomic E-state index is 0.291. The summed E-state index contributed by atoms with van der Waals surface area (Å²) in [6, 6.07) is 7.81. The molecule has 0 fully saturated rings. The standard InChI is InChI=1S/C11H18N2O/c1-9(14)7-13(2)8-10-4-3-5-11(12)6-10/h3-6,9,14H,7-8,12H2,1-2H3. The van der Waals surface area contributed by atoms with Crippen molar-refractivity contribution in [2.24, 2.45) is 0 Å². The van der Waals surface area contributed by atoms with E-state index in [-0.39, 0.29) is 6.10 Å². The van der Waals surface area contributed by atoms with Gasteiger partial charge in [0, 0.05) is 18.8 Å². The van der Waals surface area contributed by atoms with Crippen molar-refractivity contribution < 1.29 is 5.11 Å². The summed E-state index contributed by atoms with van der Waals surface area (Å²) in [5, 5.41) is 9.19. The topological polar surface area (TPSA) is 49.5 Å². The Labute approximate surface area is 85.2 Å². The fraction of sp³-hybridized carbons (Fsp3) is 0.455. The second kappa shape index (κ2) is 4.98. The number of nitrogens with zero attached hydrogens (tertiary/aromatic N) is 1. The van der Waals surface area contributed by atoms with Crippen molar-refractivity contribution in [3.8, 4) is 0 Å². The number of anilines is 1. The molecule has 0 amide bonds. The zero-order chi connectivity index (χ0) is 10.6. The maximum Gasteiger partial charge on any atom is 0.0639 e. The minimum atomic E-state index is -0.291. The summed E-state index contributed by atoms with van der Waals surface area (Å²) in [6.45, 7) is 3.28. The predicted molar refractivity (Wildman–Crippen MR) is 58.9 cm³/mol. The molecule has 1 aromatic rings. The quantitative estimate of drug-likeness (QED) is 0.705. The lowest BCUT2D eigenvalue weighted by atomic mass is 10.2. The smallest absolute Gasteiger partial charge is 0.0639 e. The van der Waals surface area contributed by atoms with Crippen LogP contribution in [0.5, 0.6) is 0 Å². The van der Waals surface area contributed by atoms with Crippen LogP contribution < -0.4 is 5.73 Å². The molecule has 0 aromatic heterocycles. The van der Waals surface area contributed by atoms with Crippen molar-refractivity contribution in [3.63, 3.8) is 0 Å². The van der Waals surface area contributed by atoms with Gasteiger partial charge in [0.2, 0.25) is 0 Å². The number of hydrogen-bond acceptors (Lipinski definition) is 3. The van der Waals surface area contributed by atoms with Crippen molar-refractivity contribution in [2.45, 2.75) is 19.6 Å². The van der Waals surface area contributed by atoms with E-state index in [0.717, 1.165) is 12.2 Å². The molecule has 0 aliphatic rings.